The maximum Gasteiger partial charge on any atom is 0.244 e. The average Bonchev–Trinajstić information content (AvgIpc) is 2.93. The van der Waals surface area contributed by atoms with Crippen molar-refractivity contribution in [1.29, 1.82) is 0 Å². The first-order valence-corrected chi connectivity index (χ1v) is 15.7. The molecule has 0 spiro atoms. The van der Waals surface area contributed by atoms with Gasteiger partial charge in [-0.05, 0) is 47.4 Å². The SMILES string of the molecule is COc1ccc(Cl)cc1N(CC(=O)N(Cc1ccc(Cl)cc1)[C@H](Cc1ccccc1)C(=O)NCC(C)C)S(C)(=O)=O. The number of nitrogens with one attached hydrogen (secondary N) is 1. The number of hydrogen-bond donors (Lipinski definition) is 1. The number of sulfonamides is 1. The molecule has 0 heterocycles. The Morgan fingerprint density at radius 3 is 2.15 bits per heavy atom. The molecule has 3 aromatic rings. The molecule has 41 heavy (non-hydrogen) atoms. The minimum atomic E-state index is -3.97. The topological polar surface area (TPSA) is 96.0 Å². The molecule has 0 aliphatic heterocycles. The molecule has 2 amide bonds. The van der Waals surface area contributed by atoms with E-state index in [1.54, 1.807) is 30.3 Å². The summed E-state index contributed by atoms with van der Waals surface area (Å²) in [6.07, 6.45) is 1.23. The van der Waals surface area contributed by atoms with Gasteiger partial charge in [0.25, 0.3) is 0 Å². The van der Waals surface area contributed by atoms with Crippen molar-refractivity contribution in [3.63, 3.8) is 0 Å². The number of amides is 2. The molecular weight excluding hydrogens is 585 g/mol. The number of carbonyl (C=O) groups is 2. The maximum absolute atomic E-state index is 14.1. The molecule has 1 atom stereocenters. The Labute approximate surface area is 252 Å². The van der Waals surface area contributed by atoms with Gasteiger partial charge in [-0.3, -0.25) is 13.9 Å². The molecular formula is C30H35Cl2N3O5S. The quantitative estimate of drug-likeness (QED) is 0.284. The number of carbonyl (C=O) groups excluding carboxylic acids is 2. The van der Waals surface area contributed by atoms with Crippen LogP contribution < -0.4 is 14.4 Å². The monoisotopic (exact) mass is 619 g/mol. The summed E-state index contributed by atoms with van der Waals surface area (Å²) < 4.78 is 32.3. The van der Waals surface area contributed by atoms with E-state index in [0.717, 1.165) is 21.7 Å². The number of ether oxygens (including phenoxy) is 1. The van der Waals surface area contributed by atoms with Crippen LogP contribution in [0.15, 0.2) is 72.8 Å². The van der Waals surface area contributed by atoms with Gasteiger partial charge < -0.3 is 15.0 Å². The summed E-state index contributed by atoms with van der Waals surface area (Å²) in [5, 5.41) is 3.75. The van der Waals surface area contributed by atoms with Gasteiger partial charge in [0.05, 0.1) is 19.1 Å². The standard InChI is InChI=1S/C30H35Cl2N3O5S/c1-21(2)18-33-30(37)27(16-22-8-6-5-7-9-22)34(19-23-10-12-24(31)13-11-23)29(36)20-35(41(4,38)39)26-17-25(32)14-15-28(26)40-3/h5-15,17,21,27H,16,18-20H2,1-4H3,(H,33,37)/t27-/m1/s1. The van der Waals surface area contributed by atoms with Gasteiger partial charge in [0.2, 0.25) is 21.8 Å². The van der Waals surface area contributed by atoms with Crippen LogP contribution >= 0.6 is 23.2 Å². The van der Waals surface area contributed by atoms with Crippen LogP contribution in [0.3, 0.4) is 0 Å². The molecule has 0 aliphatic rings. The zero-order valence-corrected chi connectivity index (χ0v) is 25.8. The summed E-state index contributed by atoms with van der Waals surface area (Å²) in [7, 11) is -2.57. The summed E-state index contributed by atoms with van der Waals surface area (Å²) in [4.78, 5) is 29.2. The lowest BCUT2D eigenvalue weighted by Gasteiger charge is -2.34. The minimum Gasteiger partial charge on any atom is -0.495 e. The van der Waals surface area contributed by atoms with E-state index < -0.39 is 28.5 Å². The van der Waals surface area contributed by atoms with Crippen molar-refractivity contribution < 1.29 is 22.7 Å². The van der Waals surface area contributed by atoms with Gasteiger partial charge in [0.1, 0.15) is 18.3 Å². The highest BCUT2D eigenvalue weighted by molar-refractivity contribution is 7.92. The molecule has 0 aromatic heterocycles. The second-order valence-corrected chi connectivity index (χ2v) is 12.9. The highest BCUT2D eigenvalue weighted by Crippen LogP contribution is 2.33. The molecule has 0 saturated heterocycles. The molecule has 220 valence electrons. The molecule has 3 rings (SSSR count). The highest BCUT2D eigenvalue weighted by Gasteiger charge is 2.33. The van der Waals surface area contributed by atoms with E-state index in [9.17, 15) is 18.0 Å². The Hall–Kier alpha value is -3.27. The minimum absolute atomic E-state index is 0.0485. The molecule has 0 saturated carbocycles. The number of halogens is 2. The first-order chi connectivity index (χ1) is 19.4. The summed E-state index contributed by atoms with van der Waals surface area (Å²) >= 11 is 12.3. The maximum atomic E-state index is 14.1. The van der Waals surface area contributed by atoms with Gasteiger partial charge in [-0.15, -0.1) is 0 Å². The van der Waals surface area contributed by atoms with Crippen molar-refractivity contribution in [3.05, 3.63) is 94.0 Å². The molecule has 0 aliphatic carbocycles. The highest BCUT2D eigenvalue weighted by atomic mass is 35.5. The van der Waals surface area contributed by atoms with Crippen molar-refractivity contribution in [3.8, 4) is 5.75 Å². The van der Waals surface area contributed by atoms with Crippen LogP contribution in [0.1, 0.15) is 25.0 Å². The van der Waals surface area contributed by atoms with Crippen molar-refractivity contribution in [1.82, 2.24) is 10.2 Å². The van der Waals surface area contributed by atoms with E-state index in [1.807, 2.05) is 44.2 Å². The number of nitrogens with zero attached hydrogens (tertiary/aromatic N) is 2. The van der Waals surface area contributed by atoms with E-state index >= 15 is 0 Å². The smallest absolute Gasteiger partial charge is 0.244 e. The predicted octanol–water partition coefficient (Wildman–Crippen LogP) is 5.18. The molecule has 0 unspecified atom stereocenters. The Kier molecular flexibility index (Phi) is 11.5. The van der Waals surface area contributed by atoms with E-state index in [1.165, 1.54) is 24.1 Å². The van der Waals surface area contributed by atoms with Gasteiger partial charge in [-0.1, -0.05) is 79.5 Å². The summed E-state index contributed by atoms with van der Waals surface area (Å²) in [5.74, 6) is -0.496. The Balaban J connectivity index is 2.08. The fourth-order valence-electron chi connectivity index (χ4n) is 4.22. The second kappa shape index (κ2) is 14.6. The van der Waals surface area contributed by atoms with Crippen LogP contribution in [0.2, 0.25) is 10.0 Å². The van der Waals surface area contributed by atoms with Crippen LogP contribution in [-0.2, 0) is 32.6 Å². The lowest BCUT2D eigenvalue weighted by Crippen LogP contribution is -2.53. The molecule has 0 bridgehead atoms. The largest absolute Gasteiger partial charge is 0.495 e. The van der Waals surface area contributed by atoms with Crippen LogP contribution in [0.5, 0.6) is 5.75 Å². The fourth-order valence-corrected chi connectivity index (χ4v) is 5.35. The number of hydrogen-bond acceptors (Lipinski definition) is 5. The average molecular weight is 621 g/mol. The summed E-state index contributed by atoms with van der Waals surface area (Å²) in [6.45, 7) is 3.85. The van der Waals surface area contributed by atoms with Crippen LogP contribution in [0.25, 0.3) is 0 Å². The van der Waals surface area contributed by atoms with E-state index in [2.05, 4.69) is 5.32 Å². The van der Waals surface area contributed by atoms with Crippen LogP contribution in [-0.4, -0.2) is 57.6 Å². The fraction of sp³-hybridized carbons (Fsp3) is 0.333. The van der Waals surface area contributed by atoms with Gasteiger partial charge in [-0.25, -0.2) is 8.42 Å². The van der Waals surface area contributed by atoms with E-state index in [0.29, 0.717) is 11.6 Å². The second-order valence-electron chi connectivity index (χ2n) is 10.1. The van der Waals surface area contributed by atoms with Gasteiger partial charge in [0, 0.05) is 29.6 Å². The number of benzene rings is 3. The van der Waals surface area contributed by atoms with Gasteiger partial charge in [0.15, 0.2) is 0 Å². The third-order valence-corrected chi connectivity index (χ3v) is 7.92. The third-order valence-electron chi connectivity index (χ3n) is 6.31. The Morgan fingerprint density at radius 2 is 1.56 bits per heavy atom. The van der Waals surface area contributed by atoms with Crippen LogP contribution in [0, 0.1) is 5.92 Å². The molecule has 0 radical (unpaired) electrons. The Morgan fingerprint density at radius 1 is 0.927 bits per heavy atom. The van der Waals surface area contributed by atoms with Crippen molar-refractivity contribution in [2.75, 3.05) is 30.8 Å². The van der Waals surface area contributed by atoms with Crippen molar-refractivity contribution in [2.24, 2.45) is 5.92 Å². The van der Waals surface area contributed by atoms with E-state index in [4.69, 9.17) is 27.9 Å². The third kappa shape index (κ3) is 9.38. The van der Waals surface area contributed by atoms with Crippen molar-refractivity contribution in [2.45, 2.75) is 32.9 Å². The normalized spacial score (nSPS) is 12.1. The zero-order chi connectivity index (χ0) is 30.2. The molecule has 3 aromatic carbocycles. The Bertz CT molecular complexity index is 1430. The van der Waals surface area contributed by atoms with E-state index in [-0.39, 0.29) is 41.3 Å². The summed E-state index contributed by atoms with van der Waals surface area (Å²) in [6, 6.07) is 19.9. The molecule has 1 N–H and O–H groups in total. The van der Waals surface area contributed by atoms with Crippen LogP contribution in [0.4, 0.5) is 5.69 Å². The number of rotatable bonds is 13. The lowest BCUT2D eigenvalue weighted by atomic mass is 10.0. The van der Waals surface area contributed by atoms with Gasteiger partial charge in [-0.2, -0.15) is 0 Å². The predicted molar refractivity (Wildman–Crippen MR) is 164 cm³/mol. The number of methoxy groups -OCH3 is 1. The first-order valence-electron chi connectivity index (χ1n) is 13.1. The molecule has 11 heteroatoms. The molecule has 0 fully saturated rings. The number of anilines is 1. The summed E-state index contributed by atoms with van der Waals surface area (Å²) in [5.41, 5.74) is 1.69. The zero-order valence-electron chi connectivity index (χ0n) is 23.5. The van der Waals surface area contributed by atoms with Crippen molar-refractivity contribution >= 4 is 50.7 Å². The molecule has 8 nitrogen and oxygen atoms in total. The first kappa shape index (κ1) is 32.2. The van der Waals surface area contributed by atoms with Gasteiger partial charge >= 0.3 is 0 Å². The lowest BCUT2D eigenvalue weighted by molar-refractivity contribution is -0.140.